The van der Waals surface area contributed by atoms with Gasteiger partial charge in [0.05, 0.1) is 16.4 Å². The molecule has 0 N–H and O–H groups in total. The largest absolute Gasteiger partial charge is 0.278 e. The summed E-state index contributed by atoms with van der Waals surface area (Å²) in [6, 6.07) is 69.7. The van der Waals surface area contributed by atoms with E-state index in [0.29, 0.717) is 17.6 Å². The van der Waals surface area contributed by atoms with Crippen molar-refractivity contribution in [3.63, 3.8) is 0 Å². The maximum Gasteiger partial charge on any atom is 0.238 e. The number of para-hydroxylation sites is 1. The van der Waals surface area contributed by atoms with E-state index in [1.54, 1.807) is 0 Å². The highest BCUT2D eigenvalue weighted by Crippen LogP contribution is 2.64. The minimum atomic E-state index is -0.458. The summed E-state index contributed by atoms with van der Waals surface area (Å²) < 4.78 is 2.22. The SMILES string of the molecule is c1ccc(-c2nc(-c3ccccc3)nc(-n3c4ccccc4c4ccc(-c5cccc6c5C5(c7ccccc7-c7ccccc75)c5ccccc5-6)cc43)n2)cc1. The van der Waals surface area contributed by atoms with E-state index in [1.807, 2.05) is 36.4 Å². The lowest BCUT2D eigenvalue weighted by Crippen LogP contribution is -2.26. The van der Waals surface area contributed by atoms with Gasteiger partial charge in [0.25, 0.3) is 0 Å². The fraction of sp³-hybridized carbons (Fsp3) is 0.0192. The Bertz CT molecular complexity index is 3080. The Morgan fingerprint density at radius 3 is 1.45 bits per heavy atom. The molecule has 0 aliphatic heterocycles. The number of nitrogens with zero attached hydrogens (tertiary/aromatic N) is 4. The van der Waals surface area contributed by atoms with E-state index in [2.05, 4.69) is 162 Å². The predicted molar refractivity (Wildman–Crippen MR) is 227 cm³/mol. The Balaban J connectivity index is 1.15. The van der Waals surface area contributed by atoms with Gasteiger partial charge in [0, 0.05) is 21.9 Å². The zero-order valence-electron chi connectivity index (χ0n) is 30.3. The standard InChI is InChI=1S/C52H32N4/c1-3-16-33(17-4-1)49-53-50(34-18-5-2-6-19-34)55-51(54-49)56-46-29-14-10-23-40(46)41-31-30-35(32-47(41)56)36-24-15-25-42-39-22-9-13-28-45(39)52(48(36)42)43-26-11-7-20-37(43)38-21-8-12-27-44(38)52/h1-32H. The first kappa shape index (κ1) is 31.0. The monoisotopic (exact) mass is 712 g/mol. The Morgan fingerprint density at radius 2 is 0.821 bits per heavy atom. The number of hydrogen-bond acceptors (Lipinski definition) is 3. The topological polar surface area (TPSA) is 43.6 Å². The molecular weight excluding hydrogens is 681 g/mol. The van der Waals surface area contributed by atoms with Gasteiger partial charge in [-0.25, -0.2) is 4.98 Å². The van der Waals surface area contributed by atoms with Crippen LogP contribution in [0.25, 0.3) is 83.9 Å². The number of hydrogen-bond donors (Lipinski definition) is 0. The van der Waals surface area contributed by atoms with E-state index in [0.717, 1.165) is 38.5 Å². The second kappa shape index (κ2) is 11.8. The van der Waals surface area contributed by atoms with E-state index in [9.17, 15) is 0 Å². The van der Waals surface area contributed by atoms with Crippen LogP contribution in [0.2, 0.25) is 0 Å². The maximum atomic E-state index is 5.21. The third kappa shape index (κ3) is 4.21. The molecule has 0 unspecified atom stereocenters. The average molecular weight is 713 g/mol. The zero-order chi connectivity index (χ0) is 36.8. The van der Waals surface area contributed by atoms with Gasteiger partial charge in [-0.1, -0.05) is 182 Å². The second-order valence-electron chi connectivity index (χ2n) is 14.7. The van der Waals surface area contributed by atoms with Crippen molar-refractivity contribution >= 4 is 21.8 Å². The molecule has 8 aromatic carbocycles. The highest BCUT2D eigenvalue weighted by atomic mass is 15.2. The van der Waals surface area contributed by atoms with Crippen molar-refractivity contribution in [1.29, 1.82) is 0 Å². The van der Waals surface area contributed by atoms with Crippen molar-refractivity contribution in [2.75, 3.05) is 0 Å². The molecule has 56 heavy (non-hydrogen) atoms. The van der Waals surface area contributed by atoms with Gasteiger partial charge in [0.2, 0.25) is 5.95 Å². The van der Waals surface area contributed by atoms with Crippen LogP contribution in [0.3, 0.4) is 0 Å². The lowest BCUT2D eigenvalue weighted by atomic mass is 9.68. The molecule has 2 aliphatic rings. The Morgan fingerprint density at radius 1 is 0.339 bits per heavy atom. The second-order valence-corrected chi connectivity index (χ2v) is 14.7. The summed E-state index contributed by atoms with van der Waals surface area (Å²) in [6.45, 7) is 0. The zero-order valence-corrected chi connectivity index (χ0v) is 30.3. The van der Waals surface area contributed by atoms with Crippen LogP contribution < -0.4 is 0 Å². The first-order valence-electron chi connectivity index (χ1n) is 19.1. The Hall–Kier alpha value is -7.43. The molecule has 0 radical (unpaired) electrons. The normalized spacial score (nSPS) is 13.1. The van der Waals surface area contributed by atoms with Crippen LogP contribution in [-0.2, 0) is 5.41 Å². The van der Waals surface area contributed by atoms with E-state index < -0.39 is 5.41 Å². The molecule has 4 heteroatoms. The highest BCUT2D eigenvalue weighted by Gasteiger charge is 2.52. The predicted octanol–water partition coefficient (Wildman–Crippen LogP) is 12.3. The quantitative estimate of drug-likeness (QED) is 0.182. The summed E-state index contributed by atoms with van der Waals surface area (Å²) in [5.41, 5.74) is 16.4. The summed E-state index contributed by atoms with van der Waals surface area (Å²) in [7, 11) is 0. The third-order valence-corrected chi connectivity index (χ3v) is 11.9. The van der Waals surface area contributed by atoms with Crippen molar-refractivity contribution in [2.24, 2.45) is 0 Å². The fourth-order valence-electron chi connectivity index (χ4n) is 9.65. The summed E-state index contributed by atoms with van der Waals surface area (Å²) in [4.78, 5) is 15.4. The van der Waals surface area contributed by atoms with Crippen LogP contribution >= 0.6 is 0 Å². The fourth-order valence-corrected chi connectivity index (χ4v) is 9.65. The van der Waals surface area contributed by atoms with Crippen molar-refractivity contribution in [3.8, 4) is 62.1 Å². The molecule has 2 aromatic heterocycles. The summed E-state index contributed by atoms with van der Waals surface area (Å²) in [5, 5.41) is 2.30. The molecule has 1 spiro atoms. The van der Waals surface area contributed by atoms with Crippen molar-refractivity contribution in [2.45, 2.75) is 5.41 Å². The van der Waals surface area contributed by atoms with Crippen LogP contribution in [0.5, 0.6) is 0 Å². The molecule has 0 bridgehead atoms. The minimum Gasteiger partial charge on any atom is -0.278 e. The molecule has 0 amide bonds. The van der Waals surface area contributed by atoms with Gasteiger partial charge in [-0.3, -0.25) is 4.57 Å². The summed E-state index contributed by atoms with van der Waals surface area (Å²) in [6.07, 6.45) is 0. The minimum absolute atomic E-state index is 0.458. The molecule has 10 aromatic rings. The maximum absolute atomic E-state index is 5.21. The van der Waals surface area contributed by atoms with Crippen LogP contribution in [0.15, 0.2) is 194 Å². The van der Waals surface area contributed by atoms with Crippen LogP contribution in [0.4, 0.5) is 0 Å². The van der Waals surface area contributed by atoms with E-state index in [4.69, 9.17) is 15.0 Å². The van der Waals surface area contributed by atoms with Crippen LogP contribution in [-0.4, -0.2) is 19.5 Å². The van der Waals surface area contributed by atoms with Gasteiger partial charge in [0.1, 0.15) is 0 Å². The molecule has 260 valence electrons. The third-order valence-electron chi connectivity index (χ3n) is 11.9. The van der Waals surface area contributed by atoms with Gasteiger partial charge in [0.15, 0.2) is 11.6 Å². The smallest absolute Gasteiger partial charge is 0.238 e. The highest BCUT2D eigenvalue weighted by molar-refractivity contribution is 6.10. The average Bonchev–Trinajstić information content (AvgIpc) is 3.88. The Labute approximate surface area is 324 Å². The van der Waals surface area contributed by atoms with Gasteiger partial charge >= 0.3 is 0 Å². The van der Waals surface area contributed by atoms with Gasteiger partial charge in [-0.2, -0.15) is 9.97 Å². The molecule has 2 aliphatic carbocycles. The van der Waals surface area contributed by atoms with Gasteiger partial charge in [-0.05, 0) is 67.8 Å². The number of benzene rings is 8. The molecule has 2 heterocycles. The Kier molecular flexibility index (Phi) is 6.52. The van der Waals surface area contributed by atoms with Crippen LogP contribution in [0.1, 0.15) is 22.3 Å². The first-order valence-corrected chi connectivity index (χ1v) is 19.1. The van der Waals surface area contributed by atoms with Crippen molar-refractivity contribution < 1.29 is 0 Å². The number of aromatic nitrogens is 4. The lowest BCUT2D eigenvalue weighted by molar-refractivity contribution is 0.796. The molecule has 12 rings (SSSR count). The van der Waals surface area contributed by atoms with Crippen LogP contribution in [0, 0.1) is 0 Å². The van der Waals surface area contributed by atoms with Gasteiger partial charge < -0.3 is 0 Å². The molecule has 0 fully saturated rings. The number of rotatable bonds is 4. The molecule has 0 saturated carbocycles. The van der Waals surface area contributed by atoms with E-state index in [1.165, 1.54) is 50.1 Å². The first-order chi connectivity index (χ1) is 27.8. The summed E-state index contributed by atoms with van der Waals surface area (Å²) >= 11 is 0. The molecule has 0 atom stereocenters. The van der Waals surface area contributed by atoms with Gasteiger partial charge in [-0.15, -0.1) is 0 Å². The molecule has 4 nitrogen and oxygen atoms in total. The molecular formula is C52H32N4. The molecule has 0 saturated heterocycles. The van der Waals surface area contributed by atoms with E-state index in [-0.39, 0.29) is 0 Å². The van der Waals surface area contributed by atoms with Crippen molar-refractivity contribution in [3.05, 3.63) is 216 Å². The summed E-state index contributed by atoms with van der Waals surface area (Å²) in [5.74, 6) is 1.85. The van der Waals surface area contributed by atoms with Crippen molar-refractivity contribution in [1.82, 2.24) is 19.5 Å². The van der Waals surface area contributed by atoms with E-state index >= 15 is 0 Å². The number of fused-ring (bicyclic) bond motifs is 13. The lowest BCUT2D eigenvalue weighted by Gasteiger charge is -2.32.